The zero-order valence-electron chi connectivity index (χ0n) is 11.6. The molecule has 0 bridgehead atoms. The van der Waals surface area contributed by atoms with Gasteiger partial charge in [-0.3, -0.25) is 4.90 Å². The average Bonchev–Trinajstić information content (AvgIpc) is 2.43. The zero-order valence-corrected chi connectivity index (χ0v) is 11.6. The minimum Gasteiger partial charge on any atom is -0.508 e. The van der Waals surface area contributed by atoms with Crippen LogP contribution in [0.15, 0.2) is 42.5 Å². The number of phenols is 1. The van der Waals surface area contributed by atoms with Crippen molar-refractivity contribution in [2.45, 2.75) is 13.1 Å². The molecule has 21 heavy (non-hydrogen) atoms. The molecule has 0 heterocycles. The van der Waals surface area contributed by atoms with Gasteiger partial charge >= 0.3 is 5.97 Å². The molecule has 0 atom stereocenters. The molecule has 0 saturated carbocycles. The van der Waals surface area contributed by atoms with E-state index in [-0.39, 0.29) is 17.1 Å². The first-order valence-electron chi connectivity index (χ1n) is 6.44. The quantitative estimate of drug-likeness (QED) is 0.888. The lowest BCUT2D eigenvalue weighted by Gasteiger charge is -2.17. The number of carboxylic acids is 1. The number of rotatable bonds is 5. The molecule has 0 aromatic heterocycles. The van der Waals surface area contributed by atoms with Gasteiger partial charge in [-0.2, -0.15) is 0 Å². The normalized spacial score (nSPS) is 10.8. The number of nitrogens with zero attached hydrogens (tertiary/aromatic N) is 1. The van der Waals surface area contributed by atoms with Crippen LogP contribution in [-0.4, -0.2) is 28.1 Å². The van der Waals surface area contributed by atoms with Gasteiger partial charge < -0.3 is 10.2 Å². The Balaban J connectivity index is 2.02. The third kappa shape index (κ3) is 4.03. The molecule has 0 aliphatic rings. The van der Waals surface area contributed by atoms with E-state index in [4.69, 9.17) is 5.11 Å². The molecule has 0 saturated heterocycles. The van der Waals surface area contributed by atoms with Crippen LogP contribution in [0.5, 0.6) is 5.75 Å². The van der Waals surface area contributed by atoms with Crippen LogP contribution in [0.2, 0.25) is 0 Å². The third-order valence-corrected chi connectivity index (χ3v) is 3.14. The summed E-state index contributed by atoms with van der Waals surface area (Å²) in [6, 6.07) is 10.4. The summed E-state index contributed by atoms with van der Waals surface area (Å²) in [6.07, 6.45) is 0. The molecule has 0 radical (unpaired) electrons. The van der Waals surface area contributed by atoms with E-state index in [1.807, 2.05) is 11.9 Å². The first-order valence-corrected chi connectivity index (χ1v) is 6.44. The number of halogens is 1. The standard InChI is InChI=1S/C16H16FNO3/c1-18(10-13-8-14(17)6-7-15(13)19)9-11-2-4-12(5-3-11)16(20)21/h2-8,19H,9-10H2,1H3,(H,20,21). The lowest BCUT2D eigenvalue weighted by Crippen LogP contribution is -2.17. The Morgan fingerprint density at radius 3 is 2.43 bits per heavy atom. The fourth-order valence-electron chi connectivity index (χ4n) is 2.09. The van der Waals surface area contributed by atoms with Gasteiger partial charge in [-0.15, -0.1) is 0 Å². The van der Waals surface area contributed by atoms with Gasteiger partial charge in [-0.05, 0) is 42.9 Å². The van der Waals surface area contributed by atoms with Crippen LogP contribution < -0.4 is 0 Å². The number of phenolic OH excluding ortho intramolecular Hbond substituents is 1. The summed E-state index contributed by atoms with van der Waals surface area (Å²) in [7, 11) is 1.84. The Labute approximate surface area is 122 Å². The fourth-order valence-corrected chi connectivity index (χ4v) is 2.09. The van der Waals surface area contributed by atoms with E-state index in [9.17, 15) is 14.3 Å². The van der Waals surface area contributed by atoms with Crippen LogP contribution in [0.25, 0.3) is 0 Å². The molecule has 0 unspecified atom stereocenters. The highest BCUT2D eigenvalue weighted by Crippen LogP contribution is 2.20. The van der Waals surface area contributed by atoms with E-state index in [2.05, 4.69) is 0 Å². The maximum Gasteiger partial charge on any atom is 0.335 e. The molecule has 2 aromatic rings. The fraction of sp³-hybridized carbons (Fsp3) is 0.188. The second kappa shape index (κ2) is 6.37. The monoisotopic (exact) mass is 289 g/mol. The highest BCUT2D eigenvalue weighted by Gasteiger charge is 2.08. The summed E-state index contributed by atoms with van der Waals surface area (Å²) in [4.78, 5) is 12.7. The van der Waals surface area contributed by atoms with Gasteiger partial charge in [0.05, 0.1) is 5.56 Å². The topological polar surface area (TPSA) is 60.8 Å². The van der Waals surface area contributed by atoms with Crippen molar-refractivity contribution in [3.05, 3.63) is 65.0 Å². The number of hydrogen-bond donors (Lipinski definition) is 2. The summed E-state index contributed by atoms with van der Waals surface area (Å²) in [5, 5.41) is 18.5. The van der Waals surface area contributed by atoms with Crippen molar-refractivity contribution >= 4 is 5.97 Å². The van der Waals surface area contributed by atoms with Crippen molar-refractivity contribution in [2.24, 2.45) is 0 Å². The second-order valence-corrected chi connectivity index (χ2v) is 4.95. The molecule has 0 aliphatic carbocycles. The Morgan fingerprint density at radius 1 is 1.14 bits per heavy atom. The summed E-state index contributed by atoms with van der Waals surface area (Å²) in [5.74, 6) is -1.29. The predicted octanol–water partition coefficient (Wildman–Crippen LogP) is 2.86. The third-order valence-electron chi connectivity index (χ3n) is 3.14. The van der Waals surface area contributed by atoms with Crippen molar-refractivity contribution in [2.75, 3.05) is 7.05 Å². The van der Waals surface area contributed by atoms with Gasteiger partial charge in [0.15, 0.2) is 0 Å². The Morgan fingerprint density at radius 2 is 1.81 bits per heavy atom. The van der Waals surface area contributed by atoms with E-state index in [1.165, 1.54) is 18.2 Å². The largest absolute Gasteiger partial charge is 0.508 e. The number of carbonyl (C=O) groups is 1. The van der Waals surface area contributed by atoms with Gasteiger partial charge in [-0.25, -0.2) is 9.18 Å². The van der Waals surface area contributed by atoms with Crippen molar-refractivity contribution in [1.82, 2.24) is 4.90 Å². The maximum absolute atomic E-state index is 13.2. The second-order valence-electron chi connectivity index (χ2n) is 4.95. The van der Waals surface area contributed by atoms with E-state index >= 15 is 0 Å². The highest BCUT2D eigenvalue weighted by atomic mass is 19.1. The number of hydrogen-bond acceptors (Lipinski definition) is 3. The lowest BCUT2D eigenvalue weighted by molar-refractivity contribution is 0.0697. The van der Waals surface area contributed by atoms with Gasteiger partial charge in [0.2, 0.25) is 0 Å². The zero-order chi connectivity index (χ0) is 15.4. The SMILES string of the molecule is CN(Cc1ccc(C(=O)O)cc1)Cc1cc(F)ccc1O. The summed E-state index contributed by atoms with van der Waals surface area (Å²) >= 11 is 0. The van der Waals surface area contributed by atoms with Crippen molar-refractivity contribution in [3.63, 3.8) is 0 Å². The van der Waals surface area contributed by atoms with E-state index in [0.29, 0.717) is 18.7 Å². The molecule has 110 valence electrons. The minimum atomic E-state index is -0.959. The molecule has 5 heteroatoms. The number of aromatic carboxylic acids is 1. The number of benzene rings is 2. The molecule has 0 amide bonds. The smallest absolute Gasteiger partial charge is 0.335 e. The minimum absolute atomic E-state index is 0.0597. The Bertz CT molecular complexity index is 640. The highest BCUT2D eigenvalue weighted by molar-refractivity contribution is 5.87. The van der Waals surface area contributed by atoms with Gasteiger partial charge in [0.1, 0.15) is 11.6 Å². The van der Waals surface area contributed by atoms with Gasteiger partial charge in [0, 0.05) is 18.7 Å². The molecule has 4 nitrogen and oxygen atoms in total. The molecule has 0 fully saturated rings. The van der Waals surface area contributed by atoms with Crippen molar-refractivity contribution in [1.29, 1.82) is 0 Å². The van der Waals surface area contributed by atoms with Crippen LogP contribution in [0.4, 0.5) is 4.39 Å². The van der Waals surface area contributed by atoms with Gasteiger partial charge in [-0.1, -0.05) is 12.1 Å². The van der Waals surface area contributed by atoms with E-state index < -0.39 is 5.97 Å². The first-order chi connectivity index (χ1) is 9.95. The summed E-state index contributed by atoms with van der Waals surface area (Å²) < 4.78 is 13.2. The summed E-state index contributed by atoms with van der Waals surface area (Å²) in [5.41, 5.74) is 1.70. The molecule has 2 N–H and O–H groups in total. The van der Waals surface area contributed by atoms with E-state index in [0.717, 1.165) is 5.56 Å². The first kappa shape index (κ1) is 15.0. The predicted molar refractivity (Wildman–Crippen MR) is 76.6 cm³/mol. The van der Waals surface area contributed by atoms with Crippen LogP contribution in [-0.2, 0) is 13.1 Å². The average molecular weight is 289 g/mol. The molecular formula is C16H16FNO3. The molecule has 0 spiro atoms. The van der Waals surface area contributed by atoms with Crippen LogP contribution in [0.3, 0.4) is 0 Å². The molecular weight excluding hydrogens is 273 g/mol. The van der Waals surface area contributed by atoms with E-state index in [1.54, 1.807) is 24.3 Å². The molecule has 2 rings (SSSR count). The van der Waals surface area contributed by atoms with Crippen LogP contribution >= 0.6 is 0 Å². The van der Waals surface area contributed by atoms with Crippen LogP contribution in [0.1, 0.15) is 21.5 Å². The van der Waals surface area contributed by atoms with Crippen molar-refractivity contribution < 1.29 is 19.4 Å². The van der Waals surface area contributed by atoms with Crippen LogP contribution in [0, 0.1) is 5.82 Å². The maximum atomic E-state index is 13.2. The molecule has 0 aliphatic heterocycles. The van der Waals surface area contributed by atoms with Gasteiger partial charge in [0.25, 0.3) is 0 Å². The van der Waals surface area contributed by atoms with Crippen molar-refractivity contribution in [3.8, 4) is 5.75 Å². The summed E-state index contributed by atoms with van der Waals surface area (Å²) in [6.45, 7) is 0.958. The Hall–Kier alpha value is -2.40. The number of aromatic hydroxyl groups is 1. The molecule has 2 aromatic carbocycles. The number of carboxylic acid groups (broad SMARTS) is 1. The Kier molecular flexibility index (Phi) is 4.55. The lowest BCUT2D eigenvalue weighted by atomic mass is 10.1.